The van der Waals surface area contributed by atoms with Crippen LogP contribution in [0.3, 0.4) is 0 Å². The molecule has 0 aliphatic carbocycles. The molecule has 0 spiro atoms. The number of hydrogen-bond acceptors (Lipinski definition) is 5. The van der Waals surface area contributed by atoms with Crippen LogP contribution < -0.4 is 10.6 Å². The van der Waals surface area contributed by atoms with Gasteiger partial charge in [0, 0.05) is 24.6 Å². The van der Waals surface area contributed by atoms with Crippen molar-refractivity contribution in [2.75, 3.05) is 13.2 Å². The summed E-state index contributed by atoms with van der Waals surface area (Å²) >= 11 is 1.43. The molecule has 0 radical (unpaired) electrons. The highest BCUT2D eigenvalue weighted by molar-refractivity contribution is 7.09. The number of rotatable bonds is 4. The third kappa shape index (κ3) is 3.02. The molecule has 1 aliphatic rings. The molecule has 1 aromatic heterocycles. The van der Waals surface area contributed by atoms with Gasteiger partial charge in [0.2, 0.25) is 0 Å². The second-order valence-electron chi connectivity index (χ2n) is 4.38. The first-order chi connectivity index (χ1) is 9.03. The zero-order chi connectivity index (χ0) is 13.9. The molecular weight excluding hydrogens is 270 g/mol. The first-order valence-corrected chi connectivity index (χ1v) is 6.71. The molecule has 0 aromatic carbocycles. The monoisotopic (exact) mass is 285 g/mol. The van der Waals surface area contributed by atoms with Gasteiger partial charge >= 0.3 is 12.0 Å². The maximum Gasteiger partial charge on any atom is 0.332 e. The Kier molecular flexibility index (Phi) is 4.01. The number of hydrogen-bond donors (Lipinski definition) is 3. The Bertz CT molecular complexity index is 457. The largest absolute Gasteiger partial charge is 0.479 e. The summed E-state index contributed by atoms with van der Waals surface area (Å²) in [6.07, 6.45) is 1.92. The smallest absolute Gasteiger partial charge is 0.332 e. The van der Waals surface area contributed by atoms with Crippen molar-refractivity contribution in [1.29, 1.82) is 0 Å². The molecule has 1 fully saturated rings. The normalized spacial score (nSPS) is 23.8. The Labute approximate surface area is 114 Å². The predicted octanol–water partition coefficient (Wildman–Crippen LogP) is 0.747. The molecule has 1 aliphatic heterocycles. The molecule has 2 atom stereocenters. The van der Waals surface area contributed by atoms with Crippen LogP contribution in [-0.2, 0) is 9.53 Å². The van der Waals surface area contributed by atoms with E-state index in [0.29, 0.717) is 6.61 Å². The van der Waals surface area contributed by atoms with Crippen molar-refractivity contribution in [2.45, 2.75) is 24.9 Å². The minimum Gasteiger partial charge on any atom is -0.479 e. The van der Waals surface area contributed by atoms with Crippen LogP contribution in [0.15, 0.2) is 11.6 Å². The fraction of sp³-hybridized carbons (Fsp3) is 0.545. The van der Waals surface area contributed by atoms with Crippen molar-refractivity contribution in [1.82, 2.24) is 15.6 Å². The maximum atomic E-state index is 11.9. The van der Waals surface area contributed by atoms with Crippen LogP contribution in [-0.4, -0.2) is 40.8 Å². The molecule has 19 heavy (non-hydrogen) atoms. The number of thiazole rings is 1. The van der Waals surface area contributed by atoms with Gasteiger partial charge in [-0.2, -0.15) is 0 Å². The van der Waals surface area contributed by atoms with E-state index in [4.69, 9.17) is 4.74 Å². The third-order valence-electron chi connectivity index (χ3n) is 2.95. The maximum absolute atomic E-state index is 11.9. The van der Waals surface area contributed by atoms with Crippen molar-refractivity contribution >= 4 is 23.3 Å². The molecule has 2 heterocycles. The van der Waals surface area contributed by atoms with Gasteiger partial charge in [0.15, 0.2) is 5.54 Å². The Morgan fingerprint density at radius 2 is 2.42 bits per heavy atom. The van der Waals surface area contributed by atoms with Gasteiger partial charge in [0.05, 0.1) is 12.6 Å². The molecule has 0 bridgehead atoms. The van der Waals surface area contributed by atoms with Crippen LogP contribution in [0, 0.1) is 0 Å². The van der Waals surface area contributed by atoms with Crippen molar-refractivity contribution in [3.05, 3.63) is 16.6 Å². The number of carbonyl (C=O) groups excluding carboxylic acids is 1. The van der Waals surface area contributed by atoms with Crippen LogP contribution in [0.4, 0.5) is 4.79 Å². The van der Waals surface area contributed by atoms with Gasteiger partial charge in [-0.3, -0.25) is 0 Å². The lowest BCUT2D eigenvalue weighted by molar-refractivity contribution is -0.144. The van der Waals surface area contributed by atoms with Crippen molar-refractivity contribution < 1.29 is 19.4 Å². The van der Waals surface area contributed by atoms with Crippen molar-refractivity contribution in [2.24, 2.45) is 0 Å². The fourth-order valence-corrected chi connectivity index (χ4v) is 2.49. The van der Waals surface area contributed by atoms with E-state index >= 15 is 0 Å². The molecule has 1 aromatic rings. The first-order valence-electron chi connectivity index (χ1n) is 5.83. The van der Waals surface area contributed by atoms with E-state index in [9.17, 15) is 14.7 Å². The number of nitrogens with one attached hydrogen (secondary N) is 2. The average molecular weight is 285 g/mol. The topological polar surface area (TPSA) is 101 Å². The number of carboxylic acids is 1. The standard InChI is InChI=1S/C11H15N3O4S/c1-7(8-12-3-5-19-8)13-10(17)14-11(9(15)16)2-4-18-6-11/h3,5,7H,2,4,6H2,1H3,(H,15,16)(H2,13,14,17). The molecule has 8 heteroatoms. The Hall–Kier alpha value is -1.67. The van der Waals surface area contributed by atoms with E-state index < -0.39 is 17.5 Å². The second kappa shape index (κ2) is 5.54. The molecule has 1 saturated heterocycles. The third-order valence-corrected chi connectivity index (χ3v) is 3.91. The average Bonchev–Trinajstić information content (AvgIpc) is 2.99. The lowest BCUT2D eigenvalue weighted by Crippen LogP contribution is -2.57. The van der Waals surface area contributed by atoms with E-state index in [-0.39, 0.29) is 19.1 Å². The zero-order valence-corrected chi connectivity index (χ0v) is 11.2. The number of nitrogens with zero attached hydrogens (tertiary/aromatic N) is 1. The number of amides is 2. The molecule has 0 saturated carbocycles. The van der Waals surface area contributed by atoms with Crippen LogP contribution in [0.25, 0.3) is 0 Å². The summed E-state index contributed by atoms with van der Waals surface area (Å²) in [6, 6.07) is -0.802. The molecule has 3 N–H and O–H groups in total. The first kappa shape index (κ1) is 13.8. The molecule has 2 rings (SSSR count). The van der Waals surface area contributed by atoms with E-state index in [1.54, 1.807) is 13.1 Å². The van der Waals surface area contributed by atoms with Crippen LogP contribution in [0.2, 0.25) is 0 Å². The highest BCUT2D eigenvalue weighted by Gasteiger charge is 2.44. The van der Waals surface area contributed by atoms with Gasteiger partial charge in [-0.1, -0.05) is 0 Å². The molecule has 104 valence electrons. The Balaban J connectivity index is 1.95. The minimum absolute atomic E-state index is 0.0125. The summed E-state index contributed by atoms with van der Waals surface area (Å²) in [4.78, 5) is 27.2. The zero-order valence-electron chi connectivity index (χ0n) is 10.4. The van der Waals surface area contributed by atoms with E-state index in [2.05, 4.69) is 15.6 Å². The van der Waals surface area contributed by atoms with Gasteiger partial charge in [-0.05, 0) is 6.92 Å². The van der Waals surface area contributed by atoms with Gasteiger partial charge in [-0.25, -0.2) is 14.6 Å². The quantitative estimate of drug-likeness (QED) is 0.758. The molecule has 7 nitrogen and oxygen atoms in total. The van der Waals surface area contributed by atoms with Crippen LogP contribution in [0.1, 0.15) is 24.4 Å². The van der Waals surface area contributed by atoms with E-state index in [1.807, 2.05) is 5.38 Å². The number of carboxylic acid groups (broad SMARTS) is 1. The number of aliphatic carboxylic acids is 1. The van der Waals surface area contributed by atoms with Crippen LogP contribution >= 0.6 is 11.3 Å². The summed E-state index contributed by atoms with van der Waals surface area (Å²) in [5.74, 6) is -1.08. The number of carbonyl (C=O) groups is 2. The summed E-state index contributed by atoms with van der Waals surface area (Å²) in [5, 5.41) is 16.9. The molecule has 2 amide bonds. The van der Waals surface area contributed by atoms with E-state index in [1.165, 1.54) is 11.3 Å². The van der Waals surface area contributed by atoms with Crippen molar-refractivity contribution in [3.63, 3.8) is 0 Å². The van der Waals surface area contributed by atoms with E-state index in [0.717, 1.165) is 5.01 Å². The predicted molar refractivity (Wildman–Crippen MR) is 68.0 cm³/mol. The van der Waals surface area contributed by atoms with Gasteiger partial charge in [0.25, 0.3) is 0 Å². The fourth-order valence-electron chi connectivity index (χ4n) is 1.85. The highest BCUT2D eigenvalue weighted by atomic mass is 32.1. The minimum atomic E-state index is -1.33. The van der Waals surface area contributed by atoms with Crippen molar-refractivity contribution in [3.8, 4) is 0 Å². The van der Waals surface area contributed by atoms with Gasteiger partial charge < -0.3 is 20.5 Å². The second-order valence-corrected chi connectivity index (χ2v) is 5.31. The summed E-state index contributed by atoms with van der Waals surface area (Å²) in [7, 11) is 0. The Morgan fingerprint density at radius 1 is 1.63 bits per heavy atom. The van der Waals surface area contributed by atoms with Gasteiger partial charge in [0.1, 0.15) is 5.01 Å². The van der Waals surface area contributed by atoms with Crippen LogP contribution in [0.5, 0.6) is 0 Å². The SMILES string of the molecule is CC(NC(=O)NC1(C(=O)O)CCOC1)c1nccs1. The lowest BCUT2D eigenvalue weighted by Gasteiger charge is -2.24. The Morgan fingerprint density at radius 3 is 2.95 bits per heavy atom. The summed E-state index contributed by atoms with van der Waals surface area (Å²) in [6.45, 7) is 2.10. The molecule has 2 unspecified atom stereocenters. The number of ether oxygens (including phenoxy) is 1. The lowest BCUT2D eigenvalue weighted by atomic mass is 9.99. The highest BCUT2D eigenvalue weighted by Crippen LogP contribution is 2.19. The summed E-state index contributed by atoms with van der Waals surface area (Å²) in [5.41, 5.74) is -1.33. The van der Waals surface area contributed by atoms with Gasteiger partial charge in [-0.15, -0.1) is 11.3 Å². The summed E-state index contributed by atoms with van der Waals surface area (Å²) < 4.78 is 5.07. The number of urea groups is 1. The molecular formula is C11H15N3O4S. The number of aromatic nitrogens is 1.